The Labute approximate surface area is 152 Å². The number of carbonyl (C=O) groups is 2. The number of aromatic nitrogens is 1. The zero-order chi connectivity index (χ0) is 18.1. The Morgan fingerprint density at radius 3 is 2.73 bits per heavy atom. The molecule has 1 N–H and O–H groups in total. The first kappa shape index (κ1) is 17.2. The van der Waals surface area contributed by atoms with Gasteiger partial charge in [-0.05, 0) is 37.3 Å². The van der Waals surface area contributed by atoms with Crippen molar-refractivity contribution in [3.63, 3.8) is 0 Å². The van der Waals surface area contributed by atoms with E-state index in [0.29, 0.717) is 32.4 Å². The molecule has 1 saturated carbocycles. The van der Waals surface area contributed by atoms with Crippen LogP contribution in [0.3, 0.4) is 0 Å². The molecule has 3 heterocycles. The van der Waals surface area contributed by atoms with E-state index in [1.54, 1.807) is 6.20 Å². The molecular formula is C19H25FN4O2. The minimum atomic E-state index is -0.859. The fourth-order valence-corrected chi connectivity index (χ4v) is 4.59. The molecule has 1 aliphatic carbocycles. The van der Waals surface area contributed by atoms with Crippen molar-refractivity contribution >= 4 is 17.6 Å². The molecule has 3 aliphatic rings. The Morgan fingerprint density at radius 1 is 1.19 bits per heavy atom. The van der Waals surface area contributed by atoms with Gasteiger partial charge in [0, 0.05) is 44.8 Å². The van der Waals surface area contributed by atoms with Gasteiger partial charge in [-0.2, -0.15) is 0 Å². The number of rotatable bonds is 2. The summed E-state index contributed by atoms with van der Waals surface area (Å²) in [6.07, 6.45) is 2.59. The highest BCUT2D eigenvalue weighted by molar-refractivity contribution is 5.87. The van der Waals surface area contributed by atoms with Crippen LogP contribution in [0.15, 0.2) is 24.4 Å². The molecule has 4 unspecified atom stereocenters. The van der Waals surface area contributed by atoms with E-state index in [0.717, 1.165) is 18.9 Å². The Hall–Kier alpha value is -2.18. The predicted octanol–water partition coefficient (Wildman–Crippen LogP) is 1.37. The van der Waals surface area contributed by atoms with Gasteiger partial charge < -0.3 is 15.1 Å². The third kappa shape index (κ3) is 3.39. The van der Waals surface area contributed by atoms with Crippen LogP contribution in [-0.4, -0.2) is 60.1 Å². The lowest BCUT2D eigenvalue weighted by Gasteiger charge is -2.44. The number of piperazine rings is 1. The number of fused-ring (bicyclic) bond motifs is 1. The molecule has 26 heavy (non-hydrogen) atoms. The van der Waals surface area contributed by atoms with Gasteiger partial charge in [0.15, 0.2) is 0 Å². The van der Waals surface area contributed by atoms with Crippen molar-refractivity contribution in [2.45, 2.75) is 37.9 Å². The molecule has 0 aromatic carbocycles. The number of pyridine rings is 1. The number of hydrogen-bond acceptors (Lipinski definition) is 4. The molecule has 0 spiro atoms. The van der Waals surface area contributed by atoms with Gasteiger partial charge in [-0.3, -0.25) is 9.59 Å². The number of anilines is 1. The molecule has 2 amide bonds. The van der Waals surface area contributed by atoms with E-state index in [2.05, 4.69) is 15.2 Å². The molecular weight excluding hydrogens is 335 g/mol. The molecule has 7 heteroatoms. The standard InChI is InChI=1S/C19H25FN4O2/c20-13-4-5-16-14(11-13)15(12-18(25)22-16)19(26)24-9-7-23(8-10-24)17-3-1-2-6-21-17/h1-3,6,13-16H,4-5,7-12H2,(H,22,25). The summed E-state index contributed by atoms with van der Waals surface area (Å²) in [5, 5.41) is 2.96. The van der Waals surface area contributed by atoms with Gasteiger partial charge in [-0.25, -0.2) is 9.37 Å². The number of halogens is 1. The molecule has 4 atom stereocenters. The molecule has 2 aliphatic heterocycles. The van der Waals surface area contributed by atoms with Crippen molar-refractivity contribution in [3.8, 4) is 0 Å². The zero-order valence-corrected chi connectivity index (χ0v) is 14.8. The van der Waals surface area contributed by atoms with Gasteiger partial charge in [0.25, 0.3) is 0 Å². The Bertz CT molecular complexity index is 663. The van der Waals surface area contributed by atoms with Crippen LogP contribution in [0.4, 0.5) is 10.2 Å². The lowest BCUT2D eigenvalue weighted by Crippen LogP contribution is -2.58. The highest BCUT2D eigenvalue weighted by atomic mass is 19.1. The number of nitrogens with zero attached hydrogens (tertiary/aromatic N) is 3. The maximum Gasteiger partial charge on any atom is 0.226 e. The number of amides is 2. The van der Waals surface area contributed by atoms with Crippen LogP contribution in [0.1, 0.15) is 25.7 Å². The SMILES string of the molecule is O=C1CC(C(=O)N2CCN(c3ccccn3)CC2)C2CC(F)CCC2N1. The number of hydrogen-bond donors (Lipinski definition) is 1. The number of piperidine rings is 1. The fourth-order valence-electron chi connectivity index (χ4n) is 4.59. The van der Waals surface area contributed by atoms with Crippen molar-refractivity contribution in [2.24, 2.45) is 11.8 Å². The normalized spacial score (nSPS) is 32.0. The highest BCUT2D eigenvalue weighted by Gasteiger charge is 2.45. The molecule has 1 aromatic heterocycles. The second-order valence-electron chi connectivity index (χ2n) is 7.56. The minimum absolute atomic E-state index is 0.0182. The molecule has 1 aromatic rings. The summed E-state index contributed by atoms with van der Waals surface area (Å²) in [5.74, 6) is 0.411. The van der Waals surface area contributed by atoms with Crippen LogP contribution in [-0.2, 0) is 9.59 Å². The van der Waals surface area contributed by atoms with Crippen LogP contribution in [0.5, 0.6) is 0 Å². The second kappa shape index (κ2) is 7.21. The van der Waals surface area contributed by atoms with E-state index in [1.165, 1.54) is 0 Å². The summed E-state index contributed by atoms with van der Waals surface area (Å²) in [6.45, 7) is 2.68. The number of alkyl halides is 1. The molecule has 2 saturated heterocycles. The third-order valence-corrected chi connectivity index (χ3v) is 5.99. The number of carbonyl (C=O) groups excluding carboxylic acids is 2. The van der Waals surface area contributed by atoms with Crippen LogP contribution >= 0.6 is 0 Å². The van der Waals surface area contributed by atoms with Gasteiger partial charge in [-0.1, -0.05) is 6.07 Å². The van der Waals surface area contributed by atoms with Crippen molar-refractivity contribution in [2.75, 3.05) is 31.1 Å². The van der Waals surface area contributed by atoms with E-state index in [4.69, 9.17) is 0 Å². The molecule has 3 fully saturated rings. The minimum Gasteiger partial charge on any atom is -0.353 e. The molecule has 140 valence electrons. The van der Waals surface area contributed by atoms with Crippen molar-refractivity contribution in [1.82, 2.24) is 15.2 Å². The topological polar surface area (TPSA) is 65.5 Å². The zero-order valence-electron chi connectivity index (χ0n) is 14.8. The van der Waals surface area contributed by atoms with Gasteiger partial charge in [0.2, 0.25) is 11.8 Å². The largest absolute Gasteiger partial charge is 0.353 e. The summed E-state index contributed by atoms with van der Waals surface area (Å²) in [5.41, 5.74) is 0. The maximum absolute atomic E-state index is 13.9. The van der Waals surface area contributed by atoms with E-state index < -0.39 is 6.17 Å². The Kier molecular flexibility index (Phi) is 4.78. The average molecular weight is 360 g/mol. The van der Waals surface area contributed by atoms with E-state index >= 15 is 0 Å². The first-order valence-electron chi connectivity index (χ1n) is 9.50. The smallest absolute Gasteiger partial charge is 0.226 e. The summed E-state index contributed by atoms with van der Waals surface area (Å²) >= 11 is 0. The van der Waals surface area contributed by atoms with Gasteiger partial charge in [0.1, 0.15) is 12.0 Å². The van der Waals surface area contributed by atoms with Crippen LogP contribution < -0.4 is 10.2 Å². The van der Waals surface area contributed by atoms with Crippen LogP contribution in [0.2, 0.25) is 0 Å². The van der Waals surface area contributed by atoms with Crippen molar-refractivity contribution in [3.05, 3.63) is 24.4 Å². The van der Waals surface area contributed by atoms with Gasteiger partial charge >= 0.3 is 0 Å². The van der Waals surface area contributed by atoms with Gasteiger partial charge in [0.05, 0.1) is 5.92 Å². The van der Waals surface area contributed by atoms with E-state index in [9.17, 15) is 14.0 Å². The van der Waals surface area contributed by atoms with Crippen LogP contribution in [0.25, 0.3) is 0 Å². The first-order valence-corrected chi connectivity index (χ1v) is 9.50. The molecule has 0 bridgehead atoms. The molecule has 6 nitrogen and oxygen atoms in total. The van der Waals surface area contributed by atoms with E-state index in [1.807, 2.05) is 23.1 Å². The lowest BCUT2D eigenvalue weighted by molar-refractivity contribution is -0.145. The highest BCUT2D eigenvalue weighted by Crippen LogP contribution is 2.37. The van der Waals surface area contributed by atoms with Crippen LogP contribution in [0, 0.1) is 11.8 Å². The third-order valence-electron chi connectivity index (χ3n) is 5.99. The predicted molar refractivity (Wildman–Crippen MR) is 95.3 cm³/mol. The van der Waals surface area contributed by atoms with E-state index in [-0.39, 0.29) is 36.1 Å². The summed E-state index contributed by atoms with van der Waals surface area (Å²) in [6, 6.07) is 5.76. The molecule has 0 radical (unpaired) electrons. The Morgan fingerprint density at radius 2 is 2.00 bits per heavy atom. The second-order valence-corrected chi connectivity index (χ2v) is 7.56. The van der Waals surface area contributed by atoms with Crippen molar-refractivity contribution in [1.29, 1.82) is 0 Å². The lowest BCUT2D eigenvalue weighted by atomic mass is 9.71. The van der Waals surface area contributed by atoms with Gasteiger partial charge in [-0.15, -0.1) is 0 Å². The summed E-state index contributed by atoms with van der Waals surface area (Å²) in [7, 11) is 0. The number of nitrogens with one attached hydrogen (secondary N) is 1. The monoisotopic (exact) mass is 360 g/mol. The average Bonchev–Trinajstić information content (AvgIpc) is 2.68. The quantitative estimate of drug-likeness (QED) is 0.865. The fraction of sp³-hybridized carbons (Fsp3) is 0.632. The Balaban J connectivity index is 1.41. The summed E-state index contributed by atoms with van der Waals surface area (Å²) < 4.78 is 13.9. The molecule has 4 rings (SSSR count). The van der Waals surface area contributed by atoms with Crippen molar-refractivity contribution < 1.29 is 14.0 Å². The summed E-state index contributed by atoms with van der Waals surface area (Å²) in [4.78, 5) is 33.5. The first-order chi connectivity index (χ1) is 12.6. The maximum atomic E-state index is 13.9.